The van der Waals surface area contributed by atoms with Gasteiger partial charge < -0.3 is 39.6 Å². The quantitative estimate of drug-likeness (QED) is 0.301. The minimum absolute atomic E-state index is 0.0489. The lowest BCUT2D eigenvalue weighted by Gasteiger charge is -2.51. The summed E-state index contributed by atoms with van der Waals surface area (Å²) in [6.45, 7) is 1.31. The molecule has 0 unspecified atom stereocenters. The second-order valence-electron chi connectivity index (χ2n) is 9.11. The topological polar surface area (TPSA) is 144 Å². The summed E-state index contributed by atoms with van der Waals surface area (Å²) in [5.41, 5.74) is 1.82. The molecule has 0 aromatic heterocycles. The Morgan fingerprint density at radius 3 is 2.65 bits per heavy atom. The highest BCUT2D eigenvalue weighted by molar-refractivity contribution is 5.94. The number of nitrogens with one attached hydrogen (secondary N) is 1. The van der Waals surface area contributed by atoms with Crippen molar-refractivity contribution in [1.82, 2.24) is 5.32 Å². The molecule has 0 amide bonds. The van der Waals surface area contributed by atoms with Gasteiger partial charge in [0.05, 0.1) is 13.7 Å². The summed E-state index contributed by atoms with van der Waals surface area (Å²) in [5, 5.41) is 34.8. The van der Waals surface area contributed by atoms with Crippen LogP contribution in [0.5, 0.6) is 11.5 Å². The third-order valence-electron chi connectivity index (χ3n) is 6.41. The summed E-state index contributed by atoms with van der Waals surface area (Å²) in [6.07, 6.45) is -2.60. The highest BCUT2D eigenvalue weighted by Gasteiger charge is 2.59. The zero-order valence-electron chi connectivity index (χ0n) is 20.6. The van der Waals surface area contributed by atoms with Crippen molar-refractivity contribution >= 4 is 18.0 Å². The van der Waals surface area contributed by atoms with Crippen molar-refractivity contribution in [3.63, 3.8) is 0 Å². The molecule has 2 aromatic carbocycles. The van der Waals surface area contributed by atoms with Crippen molar-refractivity contribution in [2.45, 2.75) is 50.0 Å². The van der Waals surface area contributed by atoms with Gasteiger partial charge >= 0.3 is 11.9 Å². The number of aliphatic hydroxyl groups excluding tert-OH is 1. The Kier molecular flexibility index (Phi) is 8.13. The van der Waals surface area contributed by atoms with Gasteiger partial charge in [-0.05, 0) is 42.2 Å². The zero-order chi connectivity index (χ0) is 26.6. The summed E-state index contributed by atoms with van der Waals surface area (Å²) in [7, 11) is 1.42. The van der Waals surface area contributed by atoms with Crippen molar-refractivity contribution in [3.05, 3.63) is 65.2 Å². The van der Waals surface area contributed by atoms with Crippen LogP contribution >= 0.6 is 0 Å². The van der Waals surface area contributed by atoms with E-state index in [0.29, 0.717) is 12.0 Å². The van der Waals surface area contributed by atoms with Crippen LogP contribution in [-0.2, 0) is 30.2 Å². The van der Waals surface area contributed by atoms with Crippen molar-refractivity contribution in [3.8, 4) is 11.5 Å². The monoisotopic (exact) mass is 513 g/mol. The number of phenolic OH excluding ortho intramolecular Hbond substituents is 1. The molecule has 2 bridgehead atoms. The summed E-state index contributed by atoms with van der Waals surface area (Å²) in [6, 6.07) is 14.2. The van der Waals surface area contributed by atoms with E-state index in [2.05, 4.69) is 5.32 Å². The number of aliphatic hydroxyl groups is 2. The Morgan fingerprint density at radius 2 is 1.95 bits per heavy atom. The third kappa shape index (κ3) is 6.11. The van der Waals surface area contributed by atoms with E-state index in [0.717, 1.165) is 5.56 Å². The van der Waals surface area contributed by atoms with Crippen LogP contribution in [0.1, 0.15) is 24.5 Å². The molecule has 10 heteroatoms. The van der Waals surface area contributed by atoms with Crippen molar-refractivity contribution < 1.29 is 43.9 Å². The van der Waals surface area contributed by atoms with Gasteiger partial charge in [-0.2, -0.15) is 0 Å². The molecule has 4 N–H and O–H groups in total. The molecule has 2 aliphatic rings. The minimum atomic E-state index is -2.01. The predicted octanol–water partition coefficient (Wildman–Crippen LogP) is 1.31. The van der Waals surface area contributed by atoms with Crippen molar-refractivity contribution in [2.75, 3.05) is 20.2 Å². The number of hydrogen-bond acceptors (Lipinski definition) is 10. The van der Waals surface area contributed by atoms with Crippen LogP contribution in [0.25, 0.3) is 6.08 Å². The number of β-amino-alcohol motifs (C(OH)–C–C–N with tert-alkyl or cyclic N) is 1. The molecular formula is C27H31NO9. The van der Waals surface area contributed by atoms with E-state index < -0.39 is 42.1 Å². The van der Waals surface area contributed by atoms with Gasteiger partial charge in [-0.3, -0.25) is 4.79 Å². The molecule has 2 fully saturated rings. The first-order valence-electron chi connectivity index (χ1n) is 12.0. The maximum atomic E-state index is 13.5. The van der Waals surface area contributed by atoms with Gasteiger partial charge in [0.25, 0.3) is 0 Å². The minimum Gasteiger partial charge on any atom is -0.504 e. The second kappa shape index (κ2) is 11.3. The Morgan fingerprint density at radius 1 is 1.19 bits per heavy atom. The number of carbonyl (C=O) groups excluding carboxylic acids is 2. The molecule has 2 heterocycles. The fraction of sp³-hybridized carbons (Fsp3) is 0.407. The molecule has 4 rings (SSSR count). The summed E-state index contributed by atoms with van der Waals surface area (Å²) >= 11 is 0. The lowest BCUT2D eigenvalue weighted by Crippen LogP contribution is -2.73. The fourth-order valence-electron chi connectivity index (χ4n) is 4.56. The molecule has 2 aromatic rings. The Hall–Kier alpha value is -3.44. The van der Waals surface area contributed by atoms with Crippen molar-refractivity contribution in [2.24, 2.45) is 0 Å². The predicted molar refractivity (Wildman–Crippen MR) is 132 cm³/mol. The molecule has 0 saturated carbocycles. The van der Waals surface area contributed by atoms with Gasteiger partial charge in [0.2, 0.25) is 5.79 Å². The molecule has 5 atom stereocenters. The molecule has 10 nitrogen and oxygen atoms in total. The Balaban J connectivity index is 1.64. The second-order valence-corrected chi connectivity index (χ2v) is 9.11. The number of phenols is 1. The van der Waals surface area contributed by atoms with Gasteiger partial charge in [-0.15, -0.1) is 0 Å². The number of aromatic hydroxyl groups is 1. The number of ether oxygens (including phenoxy) is 4. The molecule has 0 aliphatic carbocycles. The normalized spacial score (nSPS) is 27.3. The van der Waals surface area contributed by atoms with Crippen LogP contribution in [0.3, 0.4) is 0 Å². The average Bonchev–Trinajstić information content (AvgIpc) is 2.88. The number of hydrogen-bond donors (Lipinski definition) is 4. The first-order valence-corrected chi connectivity index (χ1v) is 12.0. The van der Waals surface area contributed by atoms with Gasteiger partial charge in [0.15, 0.2) is 23.7 Å². The standard InChI is InChI=1S/C27H31NO9/c1-16(29)35-24-23(31)22-14-28-15-27(33,37-22)25(24)36-26(32)19(10-8-17-6-4-3-5-7-17)12-18-9-11-20(30)21(13-18)34-2/h3-7,9,11-13,22-25,28,30-31,33H,8,10,14-15H2,1-2H3/b19-12+/t22-,23-,24+,25+,27+/m0/s1. The third-order valence-corrected chi connectivity index (χ3v) is 6.41. The number of esters is 2. The van der Waals surface area contributed by atoms with Gasteiger partial charge in [-0.25, -0.2) is 4.79 Å². The summed E-state index contributed by atoms with van der Waals surface area (Å²) in [4.78, 5) is 25.3. The number of fused-ring (bicyclic) bond motifs is 2. The zero-order valence-corrected chi connectivity index (χ0v) is 20.6. The van der Waals surface area contributed by atoms with Crippen LogP contribution in [0.15, 0.2) is 54.1 Å². The van der Waals surface area contributed by atoms with E-state index in [9.17, 15) is 24.9 Å². The number of rotatable bonds is 8. The lowest BCUT2D eigenvalue weighted by atomic mass is 9.89. The number of benzene rings is 2. The Labute approximate surface area is 214 Å². The lowest BCUT2D eigenvalue weighted by molar-refractivity contribution is -0.355. The van der Waals surface area contributed by atoms with Gasteiger partial charge in [0, 0.05) is 19.0 Å². The first kappa shape index (κ1) is 26.6. The molecule has 0 spiro atoms. The van der Waals surface area contributed by atoms with Gasteiger partial charge in [-0.1, -0.05) is 36.4 Å². The number of morpholine rings is 1. The maximum absolute atomic E-state index is 13.5. The number of aryl methyl sites for hydroxylation is 1. The van der Waals surface area contributed by atoms with Gasteiger partial charge in [0.1, 0.15) is 12.2 Å². The molecular weight excluding hydrogens is 482 g/mol. The summed E-state index contributed by atoms with van der Waals surface area (Å²) < 4.78 is 21.8. The molecule has 0 radical (unpaired) electrons. The van der Waals surface area contributed by atoms with E-state index in [-0.39, 0.29) is 36.6 Å². The Bertz CT molecular complexity index is 1150. The molecule has 2 aliphatic heterocycles. The largest absolute Gasteiger partial charge is 0.504 e. The highest BCUT2D eigenvalue weighted by Crippen LogP contribution is 2.35. The first-order chi connectivity index (χ1) is 17.7. The van der Waals surface area contributed by atoms with Crippen LogP contribution in [-0.4, -0.2) is 77.7 Å². The van der Waals surface area contributed by atoms with E-state index in [1.165, 1.54) is 20.1 Å². The van der Waals surface area contributed by atoms with E-state index >= 15 is 0 Å². The number of methoxy groups -OCH3 is 1. The van der Waals surface area contributed by atoms with E-state index in [1.54, 1.807) is 18.2 Å². The summed E-state index contributed by atoms with van der Waals surface area (Å²) in [5.74, 6) is -3.30. The van der Waals surface area contributed by atoms with Crippen molar-refractivity contribution in [1.29, 1.82) is 0 Å². The van der Waals surface area contributed by atoms with Crippen LogP contribution in [0.2, 0.25) is 0 Å². The van der Waals surface area contributed by atoms with Crippen LogP contribution in [0.4, 0.5) is 0 Å². The van der Waals surface area contributed by atoms with Crippen LogP contribution < -0.4 is 10.1 Å². The highest BCUT2D eigenvalue weighted by atomic mass is 16.7. The molecule has 198 valence electrons. The smallest absolute Gasteiger partial charge is 0.334 e. The SMILES string of the molecule is COc1cc(/C=C(\CCc2ccccc2)C(=O)O[C@@H]2[C@H](OC(C)=O)[C@@H](O)[C@@H]3CNC[C@@]2(O)O3)ccc1O. The molecule has 2 saturated heterocycles. The molecule has 37 heavy (non-hydrogen) atoms. The van der Waals surface area contributed by atoms with Crippen LogP contribution in [0, 0.1) is 0 Å². The number of carbonyl (C=O) groups is 2. The fourth-order valence-corrected chi connectivity index (χ4v) is 4.56. The average molecular weight is 514 g/mol. The maximum Gasteiger partial charge on any atom is 0.334 e. The van der Waals surface area contributed by atoms with E-state index in [1.807, 2.05) is 30.3 Å². The van der Waals surface area contributed by atoms with E-state index in [4.69, 9.17) is 18.9 Å².